The van der Waals surface area contributed by atoms with Gasteiger partial charge in [-0.1, -0.05) is 0 Å². The zero-order valence-corrected chi connectivity index (χ0v) is 9.41. The van der Waals surface area contributed by atoms with Crippen molar-refractivity contribution >= 4 is 17.5 Å². The lowest BCUT2D eigenvalue weighted by Crippen LogP contribution is -2.31. The molecule has 0 unspecified atom stereocenters. The quantitative estimate of drug-likeness (QED) is 0.661. The van der Waals surface area contributed by atoms with E-state index >= 15 is 0 Å². The fourth-order valence-electron chi connectivity index (χ4n) is 1.24. The van der Waals surface area contributed by atoms with E-state index in [4.69, 9.17) is 5.73 Å². The molecule has 6 nitrogen and oxygen atoms in total. The molecular formula is C10H16N4O2. The number of H-pyrrole nitrogens is 1. The standard InChI is InChI=1S/C10H16N4O2/c1-12-9(15)3-4-14(2)10(16)8-5-7(11)6-13-8/h5-6,13H,3-4,11H2,1-2H3,(H,12,15). The van der Waals surface area contributed by atoms with Gasteiger partial charge in [-0.25, -0.2) is 0 Å². The Labute approximate surface area is 93.8 Å². The number of hydrogen-bond donors (Lipinski definition) is 3. The molecule has 0 atom stereocenters. The van der Waals surface area contributed by atoms with Crippen LogP contribution in [0.5, 0.6) is 0 Å². The van der Waals surface area contributed by atoms with E-state index in [0.717, 1.165) is 0 Å². The zero-order valence-electron chi connectivity index (χ0n) is 9.41. The van der Waals surface area contributed by atoms with Crippen LogP contribution in [0.3, 0.4) is 0 Å². The molecule has 0 aromatic carbocycles. The topological polar surface area (TPSA) is 91.2 Å². The number of anilines is 1. The monoisotopic (exact) mass is 224 g/mol. The highest BCUT2D eigenvalue weighted by Crippen LogP contribution is 2.07. The molecule has 4 N–H and O–H groups in total. The average molecular weight is 224 g/mol. The Morgan fingerprint density at radius 3 is 2.75 bits per heavy atom. The fourth-order valence-corrected chi connectivity index (χ4v) is 1.24. The van der Waals surface area contributed by atoms with E-state index in [-0.39, 0.29) is 18.2 Å². The maximum Gasteiger partial charge on any atom is 0.270 e. The summed E-state index contributed by atoms with van der Waals surface area (Å²) < 4.78 is 0. The first kappa shape index (κ1) is 12.1. The molecule has 1 aromatic rings. The molecule has 16 heavy (non-hydrogen) atoms. The molecule has 0 fully saturated rings. The van der Waals surface area contributed by atoms with Crippen molar-refractivity contribution in [2.24, 2.45) is 0 Å². The van der Waals surface area contributed by atoms with Crippen molar-refractivity contribution in [1.29, 1.82) is 0 Å². The molecule has 88 valence electrons. The summed E-state index contributed by atoms with van der Waals surface area (Å²) in [5.74, 6) is -0.272. The van der Waals surface area contributed by atoms with Crippen molar-refractivity contribution in [1.82, 2.24) is 15.2 Å². The van der Waals surface area contributed by atoms with E-state index in [9.17, 15) is 9.59 Å². The lowest BCUT2D eigenvalue weighted by atomic mass is 10.3. The number of rotatable bonds is 4. The molecule has 0 saturated carbocycles. The lowest BCUT2D eigenvalue weighted by molar-refractivity contribution is -0.120. The molecule has 1 rings (SSSR count). The van der Waals surface area contributed by atoms with E-state index in [1.165, 1.54) is 4.90 Å². The number of nitrogen functional groups attached to an aromatic ring is 1. The first-order valence-electron chi connectivity index (χ1n) is 4.94. The highest BCUT2D eigenvalue weighted by atomic mass is 16.2. The number of aromatic amines is 1. The van der Waals surface area contributed by atoms with Gasteiger partial charge in [0.25, 0.3) is 5.91 Å². The van der Waals surface area contributed by atoms with Crippen molar-refractivity contribution in [2.45, 2.75) is 6.42 Å². The van der Waals surface area contributed by atoms with Crippen molar-refractivity contribution < 1.29 is 9.59 Å². The zero-order chi connectivity index (χ0) is 12.1. The van der Waals surface area contributed by atoms with E-state index in [0.29, 0.717) is 17.9 Å². The van der Waals surface area contributed by atoms with Crippen LogP contribution >= 0.6 is 0 Å². The van der Waals surface area contributed by atoms with Crippen LogP contribution in [-0.4, -0.2) is 42.3 Å². The van der Waals surface area contributed by atoms with Crippen molar-refractivity contribution in [3.63, 3.8) is 0 Å². The van der Waals surface area contributed by atoms with E-state index < -0.39 is 0 Å². The summed E-state index contributed by atoms with van der Waals surface area (Å²) in [6.07, 6.45) is 1.84. The Hall–Kier alpha value is -1.98. The first-order chi connectivity index (χ1) is 7.54. The molecule has 2 amide bonds. The maximum atomic E-state index is 11.8. The van der Waals surface area contributed by atoms with Gasteiger partial charge in [0.05, 0.1) is 0 Å². The van der Waals surface area contributed by atoms with Crippen LogP contribution in [0.4, 0.5) is 5.69 Å². The number of carbonyl (C=O) groups excluding carboxylic acids is 2. The third kappa shape index (κ3) is 3.01. The molecule has 0 aliphatic heterocycles. The smallest absolute Gasteiger partial charge is 0.270 e. The molecular weight excluding hydrogens is 208 g/mol. The Kier molecular flexibility index (Phi) is 3.93. The highest BCUT2D eigenvalue weighted by Gasteiger charge is 2.13. The van der Waals surface area contributed by atoms with Crippen molar-refractivity contribution in [3.8, 4) is 0 Å². The summed E-state index contributed by atoms with van der Waals surface area (Å²) in [6, 6.07) is 1.57. The van der Waals surface area contributed by atoms with Crippen molar-refractivity contribution in [3.05, 3.63) is 18.0 Å². The minimum Gasteiger partial charge on any atom is -0.397 e. The lowest BCUT2D eigenvalue weighted by Gasteiger charge is -2.15. The summed E-state index contributed by atoms with van der Waals surface area (Å²) in [4.78, 5) is 27.0. The van der Waals surface area contributed by atoms with Crippen LogP contribution in [0.25, 0.3) is 0 Å². The second-order valence-electron chi connectivity index (χ2n) is 3.50. The molecule has 6 heteroatoms. The number of carbonyl (C=O) groups is 2. The minimum absolute atomic E-state index is 0.0920. The van der Waals surface area contributed by atoms with Gasteiger partial charge in [-0.05, 0) is 6.07 Å². The van der Waals surface area contributed by atoms with Gasteiger partial charge in [0, 0.05) is 38.9 Å². The predicted octanol–water partition coefficient (Wildman–Crippen LogP) is -0.195. The van der Waals surface area contributed by atoms with Gasteiger partial charge in [0.2, 0.25) is 5.91 Å². The largest absolute Gasteiger partial charge is 0.397 e. The van der Waals surface area contributed by atoms with Crippen LogP contribution in [0.2, 0.25) is 0 Å². The third-order valence-corrected chi connectivity index (χ3v) is 2.24. The number of nitrogens with zero attached hydrogens (tertiary/aromatic N) is 1. The first-order valence-corrected chi connectivity index (χ1v) is 4.94. The van der Waals surface area contributed by atoms with Gasteiger partial charge in [-0.3, -0.25) is 9.59 Å². The van der Waals surface area contributed by atoms with Gasteiger partial charge in [-0.2, -0.15) is 0 Å². The molecule has 0 saturated heterocycles. The summed E-state index contributed by atoms with van der Waals surface area (Å²) in [5.41, 5.74) is 6.44. The number of aromatic nitrogens is 1. The van der Waals surface area contributed by atoms with Crippen LogP contribution in [0.1, 0.15) is 16.9 Å². The SMILES string of the molecule is CNC(=O)CCN(C)C(=O)c1cc(N)c[nH]1. The number of hydrogen-bond acceptors (Lipinski definition) is 3. The van der Waals surface area contributed by atoms with Crippen molar-refractivity contribution in [2.75, 3.05) is 26.4 Å². The van der Waals surface area contributed by atoms with Gasteiger partial charge < -0.3 is 20.9 Å². The van der Waals surface area contributed by atoms with Gasteiger partial charge in [-0.15, -0.1) is 0 Å². The second kappa shape index (κ2) is 5.20. The summed E-state index contributed by atoms with van der Waals surface area (Å²) in [7, 11) is 3.21. The Morgan fingerprint density at radius 1 is 1.56 bits per heavy atom. The molecule has 0 radical (unpaired) electrons. The molecule has 1 aromatic heterocycles. The molecule has 1 heterocycles. The average Bonchev–Trinajstić information content (AvgIpc) is 2.71. The summed E-state index contributed by atoms with van der Waals surface area (Å²) >= 11 is 0. The molecule has 0 spiro atoms. The van der Waals surface area contributed by atoms with E-state index in [2.05, 4.69) is 10.3 Å². The third-order valence-electron chi connectivity index (χ3n) is 2.24. The second-order valence-corrected chi connectivity index (χ2v) is 3.50. The normalized spacial score (nSPS) is 9.88. The Morgan fingerprint density at radius 2 is 2.25 bits per heavy atom. The Bertz CT molecular complexity index is 386. The predicted molar refractivity (Wildman–Crippen MR) is 60.8 cm³/mol. The van der Waals surface area contributed by atoms with E-state index in [1.54, 1.807) is 26.4 Å². The molecule has 0 bridgehead atoms. The van der Waals surface area contributed by atoms with Gasteiger partial charge >= 0.3 is 0 Å². The number of nitrogens with one attached hydrogen (secondary N) is 2. The fraction of sp³-hybridized carbons (Fsp3) is 0.400. The molecule has 0 aliphatic rings. The maximum absolute atomic E-state index is 11.8. The summed E-state index contributed by atoms with van der Waals surface area (Å²) in [6.45, 7) is 0.372. The highest BCUT2D eigenvalue weighted by molar-refractivity contribution is 5.93. The van der Waals surface area contributed by atoms with Gasteiger partial charge in [0.1, 0.15) is 5.69 Å². The van der Waals surface area contributed by atoms with Crippen LogP contribution < -0.4 is 11.1 Å². The Balaban J connectivity index is 2.51. The van der Waals surface area contributed by atoms with Gasteiger partial charge in [0.15, 0.2) is 0 Å². The molecule has 0 aliphatic carbocycles. The minimum atomic E-state index is -0.180. The number of nitrogens with two attached hydrogens (primary N) is 1. The van der Waals surface area contributed by atoms with Crippen LogP contribution in [0, 0.1) is 0 Å². The number of amides is 2. The van der Waals surface area contributed by atoms with Crippen LogP contribution in [0.15, 0.2) is 12.3 Å². The summed E-state index contributed by atoms with van der Waals surface area (Å²) in [5, 5.41) is 2.50. The van der Waals surface area contributed by atoms with Crippen LogP contribution in [-0.2, 0) is 4.79 Å². The van der Waals surface area contributed by atoms with E-state index in [1.807, 2.05) is 0 Å².